The molecule has 136 valence electrons. The highest BCUT2D eigenvalue weighted by atomic mass is 35.5. The molecule has 0 aliphatic carbocycles. The summed E-state index contributed by atoms with van der Waals surface area (Å²) in [6.45, 7) is 1.92. The summed E-state index contributed by atoms with van der Waals surface area (Å²) in [6.07, 6.45) is 7.73. The van der Waals surface area contributed by atoms with E-state index in [1.54, 1.807) is 30.9 Å². The highest BCUT2D eigenvalue weighted by Gasteiger charge is 2.19. The van der Waals surface area contributed by atoms with E-state index in [1.807, 2.05) is 6.92 Å². The lowest BCUT2D eigenvalue weighted by Crippen LogP contribution is -2.16. The molecule has 0 saturated heterocycles. The number of nitrogens with zero attached hydrogens (tertiary/aromatic N) is 7. The Bertz CT molecular complexity index is 1120. The van der Waals surface area contributed by atoms with Crippen LogP contribution >= 0.6 is 34.8 Å². The number of anilines is 1. The van der Waals surface area contributed by atoms with Crippen LogP contribution in [0.2, 0.25) is 15.1 Å². The quantitative estimate of drug-likeness (QED) is 0.495. The topological polar surface area (TPSA) is 94.3 Å². The summed E-state index contributed by atoms with van der Waals surface area (Å²) < 4.78 is 0. The molecule has 8 nitrogen and oxygen atoms in total. The van der Waals surface area contributed by atoms with Crippen molar-refractivity contribution >= 4 is 51.5 Å². The molecule has 0 radical (unpaired) electrons. The molecule has 0 aliphatic heterocycles. The van der Waals surface area contributed by atoms with Gasteiger partial charge in [-0.2, -0.15) is 10.2 Å². The number of halogens is 3. The number of fused-ring (bicyclic) bond motifs is 1. The van der Waals surface area contributed by atoms with Crippen LogP contribution in [0.3, 0.4) is 0 Å². The average molecular weight is 422 g/mol. The zero-order chi connectivity index (χ0) is 19.0. The normalized spacial score (nSPS) is 12.3. The van der Waals surface area contributed by atoms with Crippen LogP contribution in [0, 0.1) is 0 Å². The predicted octanol–water partition coefficient (Wildman–Crippen LogP) is 4.13. The molecule has 0 amide bonds. The van der Waals surface area contributed by atoms with E-state index in [-0.39, 0.29) is 16.1 Å². The van der Waals surface area contributed by atoms with Gasteiger partial charge >= 0.3 is 0 Å². The van der Waals surface area contributed by atoms with E-state index in [4.69, 9.17) is 34.8 Å². The third-order valence-corrected chi connectivity index (χ3v) is 5.10. The highest BCUT2D eigenvalue weighted by molar-refractivity contribution is 6.50. The Labute approximate surface area is 168 Å². The molecule has 0 saturated carbocycles. The maximum absolute atomic E-state index is 6.27. The second kappa shape index (κ2) is 7.22. The van der Waals surface area contributed by atoms with Crippen molar-refractivity contribution < 1.29 is 0 Å². The Kier molecular flexibility index (Phi) is 4.77. The second-order valence-electron chi connectivity index (χ2n) is 5.55. The number of nitrogens with one attached hydrogen (secondary N) is 1. The maximum atomic E-state index is 6.27. The first kappa shape index (κ1) is 17.8. The molecule has 4 rings (SSSR count). The van der Waals surface area contributed by atoms with Crippen LogP contribution in [-0.4, -0.2) is 34.9 Å². The maximum Gasteiger partial charge on any atom is 0.198 e. The summed E-state index contributed by atoms with van der Waals surface area (Å²) in [5.74, 6) is 1.05. The molecule has 3 aromatic heterocycles. The van der Waals surface area contributed by atoms with Crippen LogP contribution in [0.4, 0.5) is 5.82 Å². The monoisotopic (exact) mass is 420 g/mol. The summed E-state index contributed by atoms with van der Waals surface area (Å²) in [6, 6.07) is 1.40. The fourth-order valence-corrected chi connectivity index (χ4v) is 3.27. The smallest absolute Gasteiger partial charge is 0.198 e. The lowest BCUT2D eigenvalue weighted by Gasteiger charge is -2.17. The van der Waals surface area contributed by atoms with Crippen LogP contribution in [0.1, 0.15) is 18.7 Å². The molecule has 0 fully saturated rings. The van der Waals surface area contributed by atoms with E-state index >= 15 is 0 Å². The van der Waals surface area contributed by atoms with Crippen molar-refractivity contribution in [1.82, 2.24) is 34.9 Å². The number of hydrogen-bond acceptors (Lipinski definition) is 7. The molecular formula is C16H11Cl3N8. The molecule has 0 bridgehead atoms. The first-order chi connectivity index (χ1) is 13.1. The number of aromatic nitrogens is 7. The van der Waals surface area contributed by atoms with Gasteiger partial charge in [0.15, 0.2) is 5.82 Å². The van der Waals surface area contributed by atoms with Gasteiger partial charge in [-0.15, -0.1) is 4.80 Å². The molecule has 3 heterocycles. The van der Waals surface area contributed by atoms with Crippen molar-refractivity contribution in [2.75, 3.05) is 5.32 Å². The summed E-state index contributed by atoms with van der Waals surface area (Å²) in [7, 11) is 0. The third-order valence-electron chi connectivity index (χ3n) is 3.84. The van der Waals surface area contributed by atoms with Crippen molar-refractivity contribution in [1.29, 1.82) is 0 Å². The van der Waals surface area contributed by atoms with Crippen LogP contribution in [0.5, 0.6) is 0 Å². The van der Waals surface area contributed by atoms with Gasteiger partial charge in [-0.05, 0) is 13.0 Å². The van der Waals surface area contributed by atoms with Crippen LogP contribution in [0.25, 0.3) is 16.7 Å². The lowest BCUT2D eigenvalue weighted by atomic mass is 10.2. The SMILES string of the molecule is CC(Nc1ncnc2c(Cl)c(Cl)c(Cl)cc12)c1nccnc1-n1nccn1. The first-order valence-corrected chi connectivity index (χ1v) is 8.92. The van der Waals surface area contributed by atoms with Gasteiger partial charge < -0.3 is 5.32 Å². The van der Waals surface area contributed by atoms with Crippen molar-refractivity contribution in [3.8, 4) is 5.82 Å². The molecule has 1 atom stereocenters. The number of rotatable bonds is 4. The number of benzene rings is 1. The van der Waals surface area contributed by atoms with Crippen molar-refractivity contribution in [3.05, 3.63) is 57.9 Å². The molecule has 27 heavy (non-hydrogen) atoms. The van der Waals surface area contributed by atoms with Crippen LogP contribution in [-0.2, 0) is 0 Å². The lowest BCUT2D eigenvalue weighted by molar-refractivity contribution is 0.690. The van der Waals surface area contributed by atoms with Gasteiger partial charge in [-0.25, -0.2) is 15.0 Å². The summed E-state index contributed by atoms with van der Waals surface area (Å²) in [5, 5.41) is 13.0. The minimum atomic E-state index is -0.272. The van der Waals surface area contributed by atoms with Gasteiger partial charge in [-0.1, -0.05) is 34.8 Å². The third kappa shape index (κ3) is 3.27. The fraction of sp³-hybridized carbons (Fsp3) is 0.125. The Balaban J connectivity index is 1.76. The van der Waals surface area contributed by atoms with Gasteiger partial charge in [0.2, 0.25) is 0 Å². The highest BCUT2D eigenvalue weighted by Crippen LogP contribution is 2.38. The standard InChI is InChI=1S/C16H11Cl3N8/c1-8(13-16(21-3-2-20-13)27-24-4-5-25-27)26-15-9-6-10(17)11(18)12(19)14(9)22-7-23-15/h2-8H,1H3,(H,22,23,26). The average Bonchev–Trinajstić information content (AvgIpc) is 3.21. The predicted molar refractivity (Wildman–Crippen MR) is 104 cm³/mol. The van der Waals surface area contributed by atoms with E-state index < -0.39 is 0 Å². The van der Waals surface area contributed by atoms with Gasteiger partial charge in [0.05, 0.1) is 39.0 Å². The minimum absolute atomic E-state index is 0.254. The van der Waals surface area contributed by atoms with E-state index in [0.717, 1.165) is 0 Å². The molecule has 1 aromatic carbocycles. The molecule has 11 heteroatoms. The second-order valence-corrected chi connectivity index (χ2v) is 6.72. The van der Waals surface area contributed by atoms with Gasteiger partial charge in [0.25, 0.3) is 0 Å². The van der Waals surface area contributed by atoms with Gasteiger partial charge in [0, 0.05) is 17.8 Å². The van der Waals surface area contributed by atoms with E-state index in [2.05, 4.69) is 35.5 Å². The molecule has 1 unspecified atom stereocenters. The van der Waals surface area contributed by atoms with E-state index in [9.17, 15) is 0 Å². The molecule has 1 N–H and O–H groups in total. The summed E-state index contributed by atoms with van der Waals surface area (Å²) in [5.41, 5.74) is 1.15. The summed E-state index contributed by atoms with van der Waals surface area (Å²) >= 11 is 18.6. The van der Waals surface area contributed by atoms with E-state index in [1.165, 1.54) is 11.1 Å². The van der Waals surface area contributed by atoms with Gasteiger partial charge in [0.1, 0.15) is 17.8 Å². The molecule has 0 spiro atoms. The van der Waals surface area contributed by atoms with Crippen molar-refractivity contribution in [2.24, 2.45) is 0 Å². The zero-order valence-corrected chi connectivity index (χ0v) is 16.1. The Morgan fingerprint density at radius 2 is 1.67 bits per heavy atom. The number of hydrogen-bond donors (Lipinski definition) is 1. The van der Waals surface area contributed by atoms with E-state index in [0.29, 0.717) is 33.3 Å². The van der Waals surface area contributed by atoms with Gasteiger partial charge in [-0.3, -0.25) is 4.98 Å². The zero-order valence-electron chi connectivity index (χ0n) is 13.8. The Morgan fingerprint density at radius 1 is 0.926 bits per heavy atom. The minimum Gasteiger partial charge on any atom is -0.361 e. The van der Waals surface area contributed by atoms with Crippen LogP contribution in [0.15, 0.2) is 37.2 Å². The Hall–Kier alpha value is -2.55. The molecular weight excluding hydrogens is 411 g/mol. The fourth-order valence-electron chi connectivity index (χ4n) is 2.62. The first-order valence-electron chi connectivity index (χ1n) is 7.78. The van der Waals surface area contributed by atoms with Crippen molar-refractivity contribution in [3.63, 3.8) is 0 Å². The Morgan fingerprint density at radius 3 is 2.44 bits per heavy atom. The van der Waals surface area contributed by atoms with Crippen molar-refractivity contribution in [2.45, 2.75) is 13.0 Å². The summed E-state index contributed by atoms with van der Waals surface area (Å²) in [4.78, 5) is 18.7. The van der Waals surface area contributed by atoms with Crippen LogP contribution < -0.4 is 5.32 Å². The largest absolute Gasteiger partial charge is 0.361 e. The molecule has 4 aromatic rings. The molecule has 0 aliphatic rings.